The SMILES string of the molecule is O=C(C(=O)C(=O)[P+](O)(O)O)C(=O)C(=O)[P+](O)(O)O. The maximum Gasteiger partial charge on any atom is 0.487 e. The molecule has 0 saturated heterocycles. The molecule has 100 valence electrons. The molecule has 0 rings (SSSR count). The topological polar surface area (TPSA) is 207 Å². The summed E-state index contributed by atoms with van der Waals surface area (Å²) >= 11 is 0. The molecule has 13 heteroatoms. The van der Waals surface area contributed by atoms with Gasteiger partial charge in [-0.2, -0.15) is 29.4 Å². The van der Waals surface area contributed by atoms with Crippen molar-refractivity contribution < 1.29 is 53.3 Å². The monoisotopic (exact) mass is 304 g/mol. The summed E-state index contributed by atoms with van der Waals surface area (Å²) in [4.78, 5) is 104. The van der Waals surface area contributed by atoms with E-state index < -0.39 is 44.3 Å². The number of carbonyl (C=O) groups excluding carboxylic acids is 5. The Morgan fingerprint density at radius 2 is 0.722 bits per heavy atom. The van der Waals surface area contributed by atoms with Crippen molar-refractivity contribution >= 4 is 44.3 Å². The molecule has 0 aliphatic heterocycles. The van der Waals surface area contributed by atoms with Gasteiger partial charge < -0.3 is 0 Å². The van der Waals surface area contributed by atoms with E-state index >= 15 is 0 Å². The van der Waals surface area contributed by atoms with E-state index in [0.717, 1.165) is 0 Å². The Morgan fingerprint density at radius 3 is 0.889 bits per heavy atom. The zero-order valence-corrected chi connectivity index (χ0v) is 9.91. The summed E-state index contributed by atoms with van der Waals surface area (Å²) in [6, 6.07) is 0. The van der Waals surface area contributed by atoms with Gasteiger partial charge in [0.2, 0.25) is 0 Å². The Kier molecular flexibility index (Phi) is 5.00. The van der Waals surface area contributed by atoms with Gasteiger partial charge in [0.05, 0.1) is 0 Å². The summed E-state index contributed by atoms with van der Waals surface area (Å²) in [5, 5.41) is 0. The van der Waals surface area contributed by atoms with E-state index in [4.69, 9.17) is 29.4 Å². The minimum Gasteiger partial charge on any atom is -0.280 e. The second kappa shape index (κ2) is 5.31. The largest absolute Gasteiger partial charge is 0.487 e. The number of hydrogen-bond acceptors (Lipinski definition) is 11. The summed E-state index contributed by atoms with van der Waals surface area (Å²) in [5.74, 6) is -7.33. The Bertz CT molecular complexity index is 397. The summed E-state index contributed by atoms with van der Waals surface area (Å²) < 4.78 is 0. The summed E-state index contributed by atoms with van der Waals surface area (Å²) in [6.45, 7) is 0. The van der Waals surface area contributed by atoms with E-state index in [0.29, 0.717) is 0 Å². The van der Waals surface area contributed by atoms with E-state index in [1.807, 2.05) is 0 Å². The van der Waals surface area contributed by atoms with Crippen LogP contribution >= 0.6 is 15.9 Å². The molecule has 0 aromatic rings. The van der Waals surface area contributed by atoms with Crippen LogP contribution < -0.4 is 0 Å². The van der Waals surface area contributed by atoms with Crippen LogP contribution in [-0.2, 0) is 24.0 Å². The number of carbonyl (C=O) groups is 5. The third-order valence-corrected chi connectivity index (χ3v) is 2.84. The standard InChI is InChI=1S/C5H6O11P2/c6-1(2(7)4(9)17(11,12)13)3(8)5(10)18(14,15)16/h11-16H/q+2. The molecule has 0 heterocycles. The van der Waals surface area contributed by atoms with Crippen LogP contribution in [0.25, 0.3) is 0 Å². The number of Topliss-reactive ketones (excluding diaryl/α,β-unsaturated/α-hetero) is 3. The Hall–Kier alpha value is -1.03. The molecule has 0 aromatic heterocycles. The van der Waals surface area contributed by atoms with E-state index in [1.165, 1.54) is 0 Å². The fourth-order valence-corrected chi connectivity index (χ4v) is 1.32. The van der Waals surface area contributed by atoms with Crippen LogP contribution in [0.5, 0.6) is 0 Å². The molecule has 0 saturated carbocycles. The first-order chi connectivity index (χ1) is 7.80. The van der Waals surface area contributed by atoms with Gasteiger partial charge in [0, 0.05) is 0 Å². The van der Waals surface area contributed by atoms with E-state index in [9.17, 15) is 24.0 Å². The highest BCUT2D eigenvalue weighted by Gasteiger charge is 2.56. The van der Waals surface area contributed by atoms with Crippen LogP contribution in [0, 0.1) is 0 Å². The van der Waals surface area contributed by atoms with E-state index in [1.54, 1.807) is 0 Å². The van der Waals surface area contributed by atoms with Gasteiger partial charge in [-0.25, -0.2) is 9.59 Å². The molecule has 0 atom stereocenters. The Labute approximate surface area is 98.5 Å². The van der Waals surface area contributed by atoms with Crippen LogP contribution in [-0.4, -0.2) is 57.8 Å². The molecule has 0 aromatic carbocycles. The predicted octanol–water partition coefficient (Wildman–Crippen LogP) is -3.77. The smallest absolute Gasteiger partial charge is 0.280 e. The van der Waals surface area contributed by atoms with Crippen LogP contribution in [0.15, 0.2) is 0 Å². The van der Waals surface area contributed by atoms with Gasteiger partial charge in [-0.15, -0.1) is 0 Å². The summed E-state index contributed by atoms with van der Waals surface area (Å²) in [6.07, 6.45) is 0. The Balaban J connectivity index is 5.12. The first-order valence-electron chi connectivity index (χ1n) is 3.67. The lowest BCUT2D eigenvalue weighted by molar-refractivity contribution is -0.149. The average Bonchev–Trinajstić information content (AvgIpc) is 2.21. The van der Waals surface area contributed by atoms with Crippen molar-refractivity contribution in [1.82, 2.24) is 0 Å². The molecule has 0 unspecified atom stereocenters. The quantitative estimate of drug-likeness (QED) is 0.159. The predicted molar refractivity (Wildman–Crippen MR) is 52.2 cm³/mol. The molecule has 0 fully saturated rings. The van der Waals surface area contributed by atoms with Gasteiger partial charge in [-0.3, -0.25) is 14.4 Å². The number of rotatable bonds is 6. The third-order valence-electron chi connectivity index (χ3n) is 1.35. The van der Waals surface area contributed by atoms with Gasteiger partial charge >= 0.3 is 38.5 Å². The third kappa shape index (κ3) is 4.02. The maximum absolute atomic E-state index is 10.8. The highest BCUT2D eigenvalue weighted by atomic mass is 31.2. The molecule has 6 N–H and O–H groups in total. The average molecular weight is 304 g/mol. The maximum atomic E-state index is 10.8. The van der Waals surface area contributed by atoms with Crippen LogP contribution in [0.3, 0.4) is 0 Å². The highest BCUT2D eigenvalue weighted by molar-refractivity contribution is 7.80. The van der Waals surface area contributed by atoms with Crippen molar-refractivity contribution in [2.75, 3.05) is 0 Å². The second-order valence-corrected chi connectivity index (χ2v) is 5.82. The molecule has 11 nitrogen and oxygen atoms in total. The van der Waals surface area contributed by atoms with Crippen LogP contribution in [0.2, 0.25) is 0 Å². The molecule has 0 spiro atoms. The lowest BCUT2D eigenvalue weighted by Gasteiger charge is -2.00. The lowest BCUT2D eigenvalue weighted by Crippen LogP contribution is -2.36. The first-order valence-corrected chi connectivity index (χ1v) is 6.96. The molecular weight excluding hydrogens is 298 g/mol. The van der Waals surface area contributed by atoms with Crippen molar-refractivity contribution in [1.29, 1.82) is 0 Å². The van der Waals surface area contributed by atoms with Gasteiger partial charge in [-0.1, -0.05) is 0 Å². The normalized spacial score (nSPS) is 11.9. The van der Waals surface area contributed by atoms with Crippen LogP contribution in [0.1, 0.15) is 0 Å². The van der Waals surface area contributed by atoms with Crippen molar-refractivity contribution in [3.63, 3.8) is 0 Å². The van der Waals surface area contributed by atoms with E-state index in [-0.39, 0.29) is 0 Å². The van der Waals surface area contributed by atoms with Crippen molar-refractivity contribution in [2.24, 2.45) is 0 Å². The minimum atomic E-state index is -5.38. The molecule has 0 aliphatic carbocycles. The highest BCUT2D eigenvalue weighted by Crippen LogP contribution is 2.47. The van der Waals surface area contributed by atoms with Gasteiger partial charge in [-0.05, 0) is 0 Å². The first kappa shape index (κ1) is 17.0. The lowest BCUT2D eigenvalue weighted by atomic mass is 10.2. The van der Waals surface area contributed by atoms with Crippen molar-refractivity contribution in [2.45, 2.75) is 0 Å². The summed E-state index contributed by atoms with van der Waals surface area (Å²) in [7, 11) is -10.8. The fourth-order valence-electron chi connectivity index (χ4n) is 0.570. The zero-order valence-electron chi connectivity index (χ0n) is 8.12. The number of hydrogen-bond donors (Lipinski definition) is 6. The molecular formula is C5H6O11P2+2. The van der Waals surface area contributed by atoms with Gasteiger partial charge in [0.25, 0.3) is 5.78 Å². The molecule has 18 heavy (non-hydrogen) atoms. The van der Waals surface area contributed by atoms with Crippen molar-refractivity contribution in [3.8, 4) is 0 Å². The van der Waals surface area contributed by atoms with Crippen LogP contribution in [0.4, 0.5) is 0 Å². The fraction of sp³-hybridized carbons (Fsp3) is 0. The minimum absolute atomic E-state index is 2.42. The van der Waals surface area contributed by atoms with E-state index in [2.05, 4.69) is 0 Å². The second-order valence-electron chi connectivity index (χ2n) is 2.73. The molecule has 0 bridgehead atoms. The summed E-state index contributed by atoms with van der Waals surface area (Å²) in [5.41, 5.74) is -4.85. The molecule has 0 aliphatic rings. The molecule has 0 radical (unpaired) electrons. The van der Waals surface area contributed by atoms with Gasteiger partial charge in [0.1, 0.15) is 0 Å². The number of ketones is 3. The Morgan fingerprint density at radius 1 is 0.500 bits per heavy atom. The molecule has 0 amide bonds. The van der Waals surface area contributed by atoms with Gasteiger partial charge in [0.15, 0.2) is 0 Å². The van der Waals surface area contributed by atoms with Crippen molar-refractivity contribution in [3.05, 3.63) is 0 Å². The zero-order chi connectivity index (χ0) is 14.9.